The van der Waals surface area contributed by atoms with Crippen LogP contribution >= 0.6 is 0 Å². The summed E-state index contributed by atoms with van der Waals surface area (Å²) in [5, 5.41) is 9.87. The van der Waals surface area contributed by atoms with E-state index in [1.54, 1.807) is 16.4 Å². The molecule has 1 unspecified atom stereocenters. The maximum absolute atomic E-state index is 13.4. The van der Waals surface area contributed by atoms with Crippen molar-refractivity contribution in [2.24, 2.45) is 0 Å². The van der Waals surface area contributed by atoms with Crippen LogP contribution in [-0.2, 0) is 16.4 Å². The molecule has 0 spiro atoms. The number of piperazine rings is 1. The first-order chi connectivity index (χ1) is 13.8. The van der Waals surface area contributed by atoms with Gasteiger partial charge in [-0.3, -0.25) is 0 Å². The van der Waals surface area contributed by atoms with Crippen molar-refractivity contribution < 1.29 is 13.5 Å². The molecule has 1 fully saturated rings. The lowest BCUT2D eigenvalue weighted by molar-refractivity contribution is 0.306. The monoisotopic (exact) mass is 413 g/mol. The lowest BCUT2D eigenvalue weighted by atomic mass is 10.0. The molecule has 1 aliphatic carbocycles. The Morgan fingerprint density at radius 3 is 2.69 bits per heavy atom. The van der Waals surface area contributed by atoms with Crippen LogP contribution in [0.4, 0.5) is 5.82 Å². The van der Waals surface area contributed by atoms with Gasteiger partial charge < -0.3 is 10.0 Å². The summed E-state index contributed by atoms with van der Waals surface area (Å²) < 4.78 is 28.3. The third-order valence-corrected chi connectivity index (χ3v) is 8.00. The lowest BCUT2D eigenvalue weighted by Crippen LogP contribution is -2.54. The van der Waals surface area contributed by atoms with Crippen molar-refractivity contribution in [3.05, 3.63) is 65.6 Å². The first kappa shape index (κ1) is 19.9. The molecule has 2 aromatic rings. The van der Waals surface area contributed by atoms with Crippen LogP contribution in [0.2, 0.25) is 0 Å². The summed E-state index contributed by atoms with van der Waals surface area (Å²) in [5.74, 6) is 0.800. The van der Waals surface area contributed by atoms with Crippen LogP contribution in [-0.4, -0.2) is 48.5 Å². The van der Waals surface area contributed by atoms with Gasteiger partial charge in [-0.15, -0.1) is 0 Å². The molecule has 0 bridgehead atoms. The molecule has 1 aliphatic heterocycles. The minimum Gasteiger partial charge on any atom is -0.512 e. The fraction of sp³-hybridized carbons (Fsp3) is 0.409. The predicted octanol–water partition coefficient (Wildman–Crippen LogP) is 3.39. The number of aromatic nitrogens is 1. The van der Waals surface area contributed by atoms with Gasteiger partial charge in [0.25, 0.3) is 0 Å². The predicted molar refractivity (Wildman–Crippen MR) is 114 cm³/mol. The maximum atomic E-state index is 13.4. The zero-order valence-corrected chi connectivity index (χ0v) is 17.7. The largest absolute Gasteiger partial charge is 0.512 e. The number of rotatable bonds is 4. The summed E-state index contributed by atoms with van der Waals surface area (Å²) in [5.41, 5.74) is 3.07. The highest BCUT2D eigenvalue weighted by Crippen LogP contribution is 2.38. The van der Waals surface area contributed by atoms with Gasteiger partial charge in [-0.2, -0.15) is 4.31 Å². The Morgan fingerprint density at radius 2 is 2.03 bits per heavy atom. The van der Waals surface area contributed by atoms with Gasteiger partial charge in [0.2, 0.25) is 10.0 Å². The van der Waals surface area contributed by atoms with Gasteiger partial charge in [0.05, 0.1) is 10.7 Å². The van der Waals surface area contributed by atoms with E-state index in [1.807, 2.05) is 38.2 Å². The lowest BCUT2D eigenvalue weighted by Gasteiger charge is -2.39. The Hall–Kier alpha value is -2.38. The minimum absolute atomic E-state index is 0.103. The number of pyridine rings is 1. The van der Waals surface area contributed by atoms with Crippen LogP contribution in [0.1, 0.15) is 36.0 Å². The second kappa shape index (κ2) is 7.46. The molecular formula is C22H27N3O3S. The number of aryl methyl sites for hydroxylation is 2. The number of nitrogens with zero attached hydrogens (tertiary/aromatic N) is 3. The number of aliphatic hydroxyl groups is 1. The van der Waals surface area contributed by atoms with Gasteiger partial charge in [0.1, 0.15) is 5.82 Å². The average molecular weight is 414 g/mol. The van der Waals surface area contributed by atoms with Crippen molar-refractivity contribution in [2.75, 3.05) is 24.5 Å². The van der Waals surface area contributed by atoms with Crippen molar-refractivity contribution in [1.82, 2.24) is 9.29 Å². The molecule has 2 atom stereocenters. The van der Waals surface area contributed by atoms with Crippen LogP contribution in [0.5, 0.6) is 0 Å². The smallest absolute Gasteiger partial charge is 0.243 e. The number of anilines is 1. The first-order valence-corrected chi connectivity index (χ1v) is 11.4. The summed E-state index contributed by atoms with van der Waals surface area (Å²) in [7, 11) is -3.62. The van der Waals surface area contributed by atoms with Crippen molar-refractivity contribution in [1.29, 1.82) is 0 Å². The Labute approximate surface area is 172 Å². The standard InChI is InChI=1S/C22H27N3O3S/c1-15-4-9-22(23-13-15)24-10-11-25(16(2)14-24)29(27,28)19-7-5-18-6-8-20(17(3)26)21(18)12-19/h4-5,7,9,12-13,16,20,26H,3,6,8,10-11,14H2,1-2H3/t16-,20?/m1/s1. The van der Waals surface area contributed by atoms with E-state index in [0.29, 0.717) is 19.6 Å². The van der Waals surface area contributed by atoms with Crippen molar-refractivity contribution in [3.63, 3.8) is 0 Å². The number of sulfonamides is 1. The van der Waals surface area contributed by atoms with E-state index in [1.165, 1.54) is 0 Å². The van der Waals surface area contributed by atoms with Crippen LogP contribution in [0.3, 0.4) is 0 Å². The van der Waals surface area contributed by atoms with Gasteiger partial charge in [-0.05, 0) is 61.6 Å². The number of aliphatic hydroxyl groups excluding tert-OH is 1. The van der Waals surface area contributed by atoms with E-state index in [9.17, 15) is 13.5 Å². The fourth-order valence-corrected chi connectivity index (χ4v) is 6.02. The van der Waals surface area contributed by atoms with Crippen molar-refractivity contribution in [3.8, 4) is 0 Å². The highest BCUT2D eigenvalue weighted by atomic mass is 32.2. The Balaban J connectivity index is 1.56. The van der Waals surface area contributed by atoms with Crippen LogP contribution in [0.15, 0.2) is 53.8 Å². The SMILES string of the molecule is C=C(O)C1CCc2ccc(S(=O)(=O)N3CCN(c4ccc(C)cn4)C[C@H]3C)cc21. The topological polar surface area (TPSA) is 73.7 Å². The quantitative estimate of drug-likeness (QED) is 0.778. The molecule has 1 N–H and O–H groups in total. The van der Waals surface area contributed by atoms with Crippen molar-refractivity contribution >= 4 is 15.8 Å². The molecule has 0 radical (unpaired) electrons. The molecule has 7 heteroatoms. The third kappa shape index (κ3) is 3.65. The Kier molecular flexibility index (Phi) is 5.12. The molecule has 2 heterocycles. The fourth-order valence-electron chi connectivity index (χ4n) is 4.38. The van der Waals surface area contributed by atoms with Gasteiger partial charge in [0, 0.05) is 37.8 Å². The van der Waals surface area contributed by atoms with E-state index in [2.05, 4.69) is 16.5 Å². The normalized spacial score (nSPS) is 22.5. The third-order valence-electron chi connectivity index (χ3n) is 5.99. The van der Waals surface area contributed by atoms with Crippen LogP contribution < -0.4 is 4.90 Å². The highest BCUT2D eigenvalue weighted by Gasteiger charge is 2.35. The summed E-state index contributed by atoms with van der Waals surface area (Å²) >= 11 is 0. The minimum atomic E-state index is -3.62. The number of fused-ring (bicyclic) bond motifs is 1. The molecule has 1 saturated heterocycles. The summed E-state index contributed by atoms with van der Waals surface area (Å²) in [6.45, 7) is 9.19. The second-order valence-electron chi connectivity index (χ2n) is 8.05. The summed E-state index contributed by atoms with van der Waals surface area (Å²) in [6, 6.07) is 9.12. The van der Waals surface area contributed by atoms with E-state index in [-0.39, 0.29) is 22.6 Å². The highest BCUT2D eigenvalue weighted by molar-refractivity contribution is 7.89. The number of benzene rings is 1. The average Bonchev–Trinajstić information content (AvgIpc) is 3.12. The van der Waals surface area contributed by atoms with Crippen LogP contribution in [0.25, 0.3) is 0 Å². The maximum Gasteiger partial charge on any atom is 0.243 e. The van der Waals surface area contributed by atoms with E-state index in [0.717, 1.165) is 35.3 Å². The molecule has 1 aromatic carbocycles. The van der Waals surface area contributed by atoms with E-state index >= 15 is 0 Å². The summed E-state index contributed by atoms with van der Waals surface area (Å²) in [6.07, 6.45) is 3.43. The molecule has 1 aromatic heterocycles. The molecular weight excluding hydrogens is 386 g/mol. The Bertz CT molecular complexity index is 1030. The van der Waals surface area contributed by atoms with Gasteiger partial charge in [0.15, 0.2) is 0 Å². The molecule has 2 aliphatic rings. The number of hydrogen-bond acceptors (Lipinski definition) is 5. The zero-order chi connectivity index (χ0) is 20.8. The van der Waals surface area contributed by atoms with Gasteiger partial charge >= 0.3 is 0 Å². The van der Waals surface area contributed by atoms with Gasteiger partial charge in [-0.1, -0.05) is 18.7 Å². The second-order valence-corrected chi connectivity index (χ2v) is 9.94. The molecule has 154 valence electrons. The number of allylic oxidation sites excluding steroid dienone is 1. The molecule has 4 rings (SSSR count). The summed E-state index contributed by atoms with van der Waals surface area (Å²) in [4.78, 5) is 6.89. The zero-order valence-electron chi connectivity index (χ0n) is 16.9. The first-order valence-electron chi connectivity index (χ1n) is 9.97. The van der Waals surface area contributed by atoms with Gasteiger partial charge in [-0.25, -0.2) is 13.4 Å². The molecule has 0 amide bonds. The number of hydrogen-bond donors (Lipinski definition) is 1. The van der Waals surface area contributed by atoms with E-state index < -0.39 is 10.0 Å². The van der Waals surface area contributed by atoms with E-state index in [4.69, 9.17) is 0 Å². The molecule has 6 nitrogen and oxygen atoms in total. The Morgan fingerprint density at radius 1 is 1.24 bits per heavy atom. The molecule has 0 saturated carbocycles. The van der Waals surface area contributed by atoms with Crippen LogP contribution in [0, 0.1) is 6.92 Å². The van der Waals surface area contributed by atoms with Crippen molar-refractivity contribution in [2.45, 2.75) is 43.5 Å². The molecule has 29 heavy (non-hydrogen) atoms.